The lowest BCUT2D eigenvalue weighted by molar-refractivity contribution is -0.127. The summed E-state index contributed by atoms with van der Waals surface area (Å²) in [5.74, 6) is -0.499. The third-order valence-corrected chi connectivity index (χ3v) is 2.38. The van der Waals surface area contributed by atoms with Gasteiger partial charge < -0.3 is 11.1 Å². The molecule has 2 rings (SSSR count). The number of nitrogens with two attached hydrogens (primary N) is 1. The van der Waals surface area contributed by atoms with Crippen LogP contribution in [0, 0.1) is 0 Å². The SMILES string of the molecule is CN1NN(C(=O)Nc2ccccc2)C(=O)C1N. The van der Waals surface area contributed by atoms with Crippen molar-refractivity contribution in [1.82, 2.24) is 15.6 Å². The number of hydrogen-bond donors (Lipinski definition) is 3. The van der Waals surface area contributed by atoms with Gasteiger partial charge in [0.1, 0.15) is 0 Å². The monoisotopic (exact) mass is 235 g/mol. The van der Waals surface area contributed by atoms with Crippen LogP contribution in [0.2, 0.25) is 0 Å². The molecule has 1 aromatic rings. The maximum Gasteiger partial charge on any atom is 0.344 e. The molecule has 0 bridgehead atoms. The van der Waals surface area contributed by atoms with Crippen LogP contribution in [0.1, 0.15) is 0 Å². The van der Waals surface area contributed by atoms with E-state index in [0.717, 1.165) is 5.01 Å². The highest BCUT2D eigenvalue weighted by atomic mass is 16.2. The molecular formula is C10H13N5O2. The van der Waals surface area contributed by atoms with Gasteiger partial charge in [0, 0.05) is 12.7 Å². The first kappa shape index (κ1) is 11.5. The number of likely N-dealkylation sites (N-methyl/N-ethyl adjacent to an activating group) is 1. The van der Waals surface area contributed by atoms with Crippen molar-refractivity contribution in [2.45, 2.75) is 6.17 Å². The molecule has 4 N–H and O–H groups in total. The van der Waals surface area contributed by atoms with Gasteiger partial charge in [-0.1, -0.05) is 18.2 Å². The molecule has 90 valence electrons. The van der Waals surface area contributed by atoms with Gasteiger partial charge in [-0.25, -0.2) is 9.80 Å². The van der Waals surface area contributed by atoms with Crippen molar-refractivity contribution in [2.75, 3.05) is 12.4 Å². The number of amides is 3. The van der Waals surface area contributed by atoms with Crippen LogP contribution in [-0.4, -0.2) is 35.2 Å². The maximum atomic E-state index is 11.8. The van der Waals surface area contributed by atoms with Crippen molar-refractivity contribution in [1.29, 1.82) is 0 Å². The van der Waals surface area contributed by atoms with Gasteiger partial charge in [0.25, 0.3) is 5.91 Å². The Morgan fingerprint density at radius 1 is 1.41 bits per heavy atom. The second-order valence-electron chi connectivity index (χ2n) is 3.63. The summed E-state index contributed by atoms with van der Waals surface area (Å²) < 4.78 is 0. The lowest BCUT2D eigenvalue weighted by Gasteiger charge is -2.15. The molecule has 0 radical (unpaired) electrons. The van der Waals surface area contributed by atoms with E-state index in [4.69, 9.17) is 5.73 Å². The highest BCUT2D eigenvalue weighted by molar-refractivity contribution is 6.03. The Morgan fingerprint density at radius 2 is 2.06 bits per heavy atom. The first-order chi connectivity index (χ1) is 8.09. The third kappa shape index (κ3) is 2.26. The fraction of sp³-hybridized carbons (Fsp3) is 0.200. The average molecular weight is 235 g/mol. The largest absolute Gasteiger partial charge is 0.344 e. The normalized spacial score (nSPS) is 20.7. The molecule has 0 spiro atoms. The fourth-order valence-electron chi connectivity index (χ4n) is 1.41. The molecule has 0 aliphatic carbocycles. The summed E-state index contributed by atoms with van der Waals surface area (Å²) in [5, 5.41) is 4.78. The molecule has 1 saturated heterocycles. The van der Waals surface area contributed by atoms with Crippen LogP contribution < -0.4 is 16.6 Å². The zero-order valence-electron chi connectivity index (χ0n) is 9.25. The average Bonchev–Trinajstić information content (AvgIpc) is 2.58. The molecule has 1 aliphatic heterocycles. The van der Waals surface area contributed by atoms with E-state index in [1.807, 2.05) is 6.07 Å². The minimum absolute atomic E-state index is 0.499. The summed E-state index contributed by atoms with van der Waals surface area (Å²) in [4.78, 5) is 23.3. The molecule has 7 heteroatoms. The van der Waals surface area contributed by atoms with Crippen molar-refractivity contribution in [2.24, 2.45) is 5.73 Å². The van der Waals surface area contributed by atoms with E-state index in [9.17, 15) is 9.59 Å². The highest BCUT2D eigenvalue weighted by Gasteiger charge is 2.37. The first-order valence-electron chi connectivity index (χ1n) is 5.04. The van der Waals surface area contributed by atoms with E-state index in [1.165, 1.54) is 5.01 Å². The third-order valence-electron chi connectivity index (χ3n) is 2.38. The van der Waals surface area contributed by atoms with Gasteiger partial charge >= 0.3 is 6.03 Å². The minimum Gasteiger partial charge on any atom is -0.307 e. The molecule has 3 amide bonds. The second kappa shape index (κ2) is 4.50. The number of hydrogen-bond acceptors (Lipinski definition) is 5. The molecule has 1 fully saturated rings. The van der Waals surface area contributed by atoms with Crippen molar-refractivity contribution >= 4 is 17.6 Å². The Hall–Kier alpha value is -1.96. The fourth-order valence-corrected chi connectivity index (χ4v) is 1.41. The van der Waals surface area contributed by atoms with Crippen molar-refractivity contribution in [3.05, 3.63) is 30.3 Å². The topological polar surface area (TPSA) is 90.7 Å². The van der Waals surface area contributed by atoms with Gasteiger partial charge in [-0.3, -0.25) is 4.79 Å². The molecular weight excluding hydrogens is 222 g/mol. The summed E-state index contributed by atoms with van der Waals surface area (Å²) in [6.45, 7) is 0. The van der Waals surface area contributed by atoms with Crippen molar-refractivity contribution < 1.29 is 9.59 Å². The predicted octanol–water partition coefficient (Wildman–Crippen LogP) is -0.303. The van der Waals surface area contributed by atoms with Crippen LogP contribution in [0.15, 0.2) is 30.3 Å². The lowest BCUT2D eigenvalue weighted by Crippen LogP contribution is -2.45. The lowest BCUT2D eigenvalue weighted by atomic mass is 10.3. The molecule has 1 atom stereocenters. The van der Waals surface area contributed by atoms with E-state index in [0.29, 0.717) is 5.69 Å². The van der Waals surface area contributed by atoms with E-state index >= 15 is 0 Å². The van der Waals surface area contributed by atoms with E-state index in [2.05, 4.69) is 10.9 Å². The second-order valence-corrected chi connectivity index (χ2v) is 3.63. The Balaban J connectivity index is 2.05. The zero-order valence-corrected chi connectivity index (χ0v) is 9.25. The Bertz CT molecular complexity index is 436. The number of anilines is 1. The molecule has 1 unspecified atom stereocenters. The summed E-state index contributed by atoms with van der Waals surface area (Å²) in [6.07, 6.45) is -0.850. The van der Waals surface area contributed by atoms with Gasteiger partial charge in [-0.2, -0.15) is 10.5 Å². The number of benzene rings is 1. The summed E-state index contributed by atoms with van der Waals surface area (Å²) >= 11 is 0. The standard InChI is InChI=1S/C10H13N5O2/c1-14-8(11)9(16)15(13-14)10(17)12-7-5-3-2-4-6-7/h2-6,8,13H,11H2,1H3,(H,12,17). The molecule has 1 heterocycles. The number of nitrogens with zero attached hydrogens (tertiary/aromatic N) is 2. The molecule has 0 saturated carbocycles. The van der Waals surface area contributed by atoms with Crippen molar-refractivity contribution in [3.8, 4) is 0 Å². The van der Waals surface area contributed by atoms with Crippen molar-refractivity contribution in [3.63, 3.8) is 0 Å². The number of urea groups is 1. The predicted molar refractivity (Wildman–Crippen MR) is 61.2 cm³/mol. The smallest absolute Gasteiger partial charge is 0.307 e. The number of carbonyl (C=O) groups excluding carboxylic acids is 2. The van der Waals surface area contributed by atoms with Crippen LogP contribution in [0.4, 0.5) is 10.5 Å². The number of rotatable bonds is 1. The number of imide groups is 1. The van der Waals surface area contributed by atoms with Crippen LogP contribution in [0.25, 0.3) is 0 Å². The number of hydrazine groups is 2. The van der Waals surface area contributed by atoms with Crippen LogP contribution in [-0.2, 0) is 4.79 Å². The highest BCUT2D eigenvalue weighted by Crippen LogP contribution is 2.09. The zero-order chi connectivity index (χ0) is 12.4. The summed E-state index contributed by atoms with van der Waals surface area (Å²) in [7, 11) is 1.58. The number of carbonyl (C=O) groups is 2. The minimum atomic E-state index is -0.850. The summed E-state index contributed by atoms with van der Waals surface area (Å²) in [6, 6.07) is 8.28. The van der Waals surface area contributed by atoms with E-state index in [1.54, 1.807) is 31.3 Å². The first-order valence-corrected chi connectivity index (χ1v) is 5.04. The van der Waals surface area contributed by atoms with Gasteiger partial charge in [-0.15, -0.1) is 0 Å². The molecule has 1 aliphatic rings. The number of para-hydroxylation sites is 1. The molecule has 0 aromatic heterocycles. The quantitative estimate of drug-likeness (QED) is 0.621. The van der Waals surface area contributed by atoms with Crippen LogP contribution in [0.3, 0.4) is 0 Å². The Labute approximate surface area is 98.1 Å². The maximum absolute atomic E-state index is 11.8. The van der Waals surface area contributed by atoms with Crippen LogP contribution in [0.5, 0.6) is 0 Å². The van der Waals surface area contributed by atoms with Gasteiger partial charge in [0.05, 0.1) is 0 Å². The van der Waals surface area contributed by atoms with Gasteiger partial charge in [0.2, 0.25) is 0 Å². The van der Waals surface area contributed by atoms with Crippen LogP contribution >= 0.6 is 0 Å². The van der Waals surface area contributed by atoms with Gasteiger partial charge in [0.15, 0.2) is 6.17 Å². The molecule has 1 aromatic carbocycles. The van der Waals surface area contributed by atoms with Gasteiger partial charge in [-0.05, 0) is 12.1 Å². The van der Waals surface area contributed by atoms with E-state index in [-0.39, 0.29) is 0 Å². The Kier molecular flexibility index (Phi) is 3.05. The van der Waals surface area contributed by atoms with E-state index < -0.39 is 18.1 Å². The molecule has 7 nitrogen and oxygen atoms in total. The molecule has 17 heavy (non-hydrogen) atoms. The summed E-state index contributed by atoms with van der Waals surface area (Å²) in [5.41, 5.74) is 8.70. The Morgan fingerprint density at radius 3 is 2.59 bits per heavy atom. The number of nitrogens with one attached hydrogen (secondary N) is 2.